The summed E-state index contributed by atoms with van der Waals surface area (Å²) in [6.07, 6.45) is 0.890. The average Bonchev–Trinajstić information content (AvgIpc) is 2.33. The fourth-order valence-electron chi connectivity index (χ4n) is 1.30. The lowest BCUT2D eigenvalue weighted by molar-refractivity contribution is 0.112. The van der Waals surface area contributed by atoms with Gasteiger partial charge in [-0.15, -0.1) is 0 Å². The molecule has 0 radical (unpaired) electrons. The van der Waals surface area contributed by atoms with E-state index in [-0.39, 0.29) is 0 Å². The minimum Gasteiger partial charge on any atom is -0.298 e. The molecule has 0 aliphatic carbocycles. The molecule has 0 aliphatic rings. The number of benzene rings is 2. The largest absolute Gasteiger partial charge is 0.298 e. The van der Waals surface area contributed by atoms with Crippen molar-refractivity contribution < 1.29 is 4.79 Å². The summed E-state index contributed by atoms with van der Waals surface area (Å²) in [7, 11) is 0. The zero-order valence-electron chi connectivity index (χ0n) is 8.39. The summed E-state index contributed by atoms with van der Waals surface area (Å²) in [5.41, 5.74) is 0.732. The van der Waals surface area contributed by atoms with Crippen molar-refractivity contribution in [1.29, 1.82) is 0 Å². The van der Waals surface area contributed by atoms with Crippen LogP contribution in [0.25, 0.3) is 0 Å². The van der Waals surface area contributed by atoms with Crippen molar-refractivity contribution in [3.63, 3.8) is 0 Å². The second kappa shape index (κ2) is 5.32. The van der Waals surface area contributed by atoms with Crippen LogP contribution in [-0.2, 0) is 0 Å². The second-order valence-corrected chi connectivity index (χ2v) is 5.24. The molecule has 2 rings (SSSR count). The van der Waals surface area contributed by atoms with Gasteiger partial charge in [0.15, 0.2) is 6.29 Å². The van der Waals surface area contributed by atoms with E-state index in [4.69, 9.17) is 0 Å². The average molecular weight is 293 g/mol. The first-order chi connectivity index (χ1) is 7.79. The van der Waals surface area contributed by atoms with Gasteiger partial charge >= 0.3 is 0 Å². The number of halogens is 1. The maximum absolute atomic E-state index is 10.9. The van der Waals surface area contributed by atoms with Gasteiger partial charge in [0, 0.05) is 19.8 Å². The van der Waals surface area contributed by atoms with Crippen molar-refractivity contribution in [1.82, 2.24) is 0 Å². The Morgan fingerprint density at radius 3 is 2.38 bits per heavy atom. The molecule has 0 saturated carbocycles. The van der Waals surface area contributed by atoms with Crippen LogP contribution < -0.4 is 0 Å². The van der Waals surface area contributed by atoms with Crippen LogP contribution in [0.15, 0.2) is 62.8 Å². The molecule has 3 heteroatoms. The molecule has 0 bridgehead atoms. The number of hydrogen-bond donors (Lipinski definition) is 0. The zero-order valence-corrected chi connectivity index (χ0v) is 10.8. The quantitative estimate of drug-likeness (QED) is 0.780. The van der Waals surface area contributed by atoms with Gasteiger partial charge in [0.05, 0.1) is 0 Å². The van der Waals surface area contributed by atoms with E-state index in [0.717, 1.165) is 26.1 Å². The number of hydrogen-bond acceptors (Lipinski definition) is 2. The minimum absolute atomic E-state index is 0.732. The van der Waals surface area contributed by atoms with Crippen LogP contribution in [0.2, 0.25) is 0 Å². The third-order valence-electron chi connectivity index (χ3n) is 2.09. The summed E-state index contributed by atoms with van der Waals surface area (Å²) in [4.78, 5) is 13.0. The van der Waals surface area contributed by atoms with Crippen molar-refractivity contribution in [2.75, 3.05) is 0 Å². The highest BCUT2D eigenvalue weighted by molar-refractivity contribution is 9.10. The predicted octanol–water partition coefficient (Wildman–Crippen LogP) is 4.41. The van der Waals surface area contributed by atoms with Crippen molar-refractivity contribution >= 4 is 34.0 Å². The lowest BCUT2D eigenvalue weighted by Gasteiger charge is -2.04. The lowest BCUT2D eigenvalue weighted by atomic mass is 10.2. The Morgan fingerprint density at radius 1 is 1.00 bits per heavy atom. The van der Waals surface area contributed by atoms with Gasteiger partial charge in [0.25, 0.3) is 0 Å². The van der Waals surface area contributed by atoms with E-state index in [1.54, 1.807) is 11.8 Å². The first-order valence-electron chi connectivity index (χ1n) is 4.77. The molecule has 80 valence electrons. The first kappa shape index (κ1) is 11.4. The molecule has 0 amide bonds. The van der Waals surface area contributed by atoms with Gasteiger partial charge < -0.3 is 0 Å². The number of carbonyl (C=O) groups excluding carboxylic acids is 1. The lowest BCUT2D eigenvalue weighted by Crippen LogP contribution is -1.83. The zero-order chi connectivity index (χ0) is 11.4. The van der Waals surface area contributed by atoms with Gasteiger partial charge in [-0.2, -0.15) is 0 Å². The SMILES string of the molecule is O=Cc1ccccc1Sc1ccc(Br)cc1. The van der Waals surface area contributed by atoms with E-state index in [9.17, 15) is 4.79 Å². The monoisotopic (exact) mass is 292 g/mol. The van der Waals surface area contributed by atoms with Gasteiger partial charge in [-0.1, -0.05) is 45.9 Å². The summed E-state index contributed by atoms with van der Waals surface area (Å²) in [5.74, 6) is 0. The number of aldehydes is 1. The first-order valence-corrected chi connectivity index (χ1v) is 6.38. The Hall–Kier alpha value is -1.06. The molecule has 1 nitrogen and oxygen atoms in total. The van der Waals surface area contributed by atoms with Gasteiger partial charge in [0.2, 0.25) is 0 Å². The van der Waals surface area contributed by atoms with Crippen molar-refractivity contribution in [2.45, 2.75) is 9.79 Å². The van der Waals surface area contributed by atoms with Crippen LogP contribution in [0.5, 0.6) is 0 Å². The highest BCUT2D eigenvalue weighted by atomic mass is 79.9. The Bertz CT molecular complexity index is 494. The normalized spacial score (nSPS) is 10.1. The molecule has 2 aromatic carbocycles. The molecule has 0 fully saturated rings. The fraction of sp³-hybridized carbons (Fsp3) is 0. The Labute approximate surface area is 107 Å². The van der Waals surface area contributed by atoms with Crippen LogP contribution in [-0.4, -0.2) is 6.29 Å². The smallest absolute Gasteiger partial charge is 0.151 e. The highest BCUT2D eigenvalue weighted by Gasteiger charge is 2.02. The standard InChI is InChI=1S/C13H9BrOS/c14-11-5-7-12(8-6-11)16-13-4-2-1-3-10(13)9-15/h1-9H. The predicted molar refractivity (Wildman–Crippen MR) is 70.1 cm³/mol. The van der Waals surface area contributed by atoms with Gasteiger partial charge in [0.1, 0.15) is 0 Å². The second-order valence-electron chi connectivity index (χ2n) is 3.21. The minimum atomic E-state index is 0.732. The summed E-state index contributed by atoms with van der Waals surface area (Å²) in [6.45, 7) is 0. The van der Waals surface area contributed by atoms with Crippen LogP contribution >= 0.6 is 27.7 Å². The Kier molecular flexibility index (Phi) is 3.80. The van der Waals surface area contributed by atoms with Gasteiger partial charge in [-0.3, -0.25) is 4.79 Å². The molecular weight excluding hydrogens is 284 g/mol. The maximum atomic E-state index is 10.9. The Balaban J connectivity index is 2.26. The van der Waals surface area contributed by atoms with E-state index < -0.39 is 0 Å². The van der Waals surface area contributed by atoms with Crippen LogP contribution in [0.1, 0.15) is 10.4 Å². The van der Waals surface area contributed by atoms with Gasteiger partial charge in [-0.05, 0) is 30.3 Å². The van der Waals surface area contributed by atoms with E-state index >= 15 is 0 Å². The molecule has 0 aromatic heterocycles. The summed E-state index contributed by atoms with van der Waals surface area (Å²) in [5, 5.41) is 0. The van der Waals surface area contributed by atoms with Crippen LogP contribution in [0.3, 0.4) is 0 Å². The van der Waals surface area contributed by atoms with Crippen LogP contribution in [0, 0.1) is 0 Å². The van der Waals surface area contributed by atoms with Crippen molar-refractivity contribution in [3.8, 4) is 0 Å². The van der Waals surface area contributed by atoms with Crippen molar-refractivity contribution in [3.05, 3.63) is 58.6 Å². The third kappa shape index (κ3) is 2.74. The third-order valence-corrected chi connectivity index (χ3v) is 3.72. The molecule has 0 saturated heterocycles. The molecule has 0 aliphatic heterocycles. The van der Waals surface area contributed by atoms with Crippen molar-refractivity contribution in [2.24, 2.45) is 0 Å². The summed E-state index contributed by atoms with van der Waals surface area (Å²) < 4.78 is 1.06. The van der Waals surface area contributed by atoms with E-state index in [1.165, 1.54) is 0 Å². The molecule has 0 N–H and O–H groups in total. The van der Waals surface area contributed by atoms with Crippen LogP contribution in [0.4, 0.5) is 0 Å². The van der Waals surface area contributed by atoms with E-state index in [0.29, 0.717) is 0 Å². The molecule has 0 spiro atoms. The maximum Gasteiger partial charge on any atom is 0.151 e. The summed E-state index contributed by atoms with van der Waals surface area (Å²) in [6, 6.07) is 15.6. The molecule has 2 aromatic rings. The highest BCUT2D eigenvalue weighted by Crippen LogP contribution is 2.30. The van der Waals surface area contributed by atoms with E-state index in [1.807, 2.05) is 48.5 Å². The van der Waals surface area contributed by atoms with E-state index in [2.05, 4.69) is 15.9 Å². The topological polar surface area (TPSA) is 17.1 Å². The Morgan fingerprint density at radius 2 is 1.69 bits per heavy atom. The van der Waals surface area contributed by atoms with Gasteiger partial charge in [-0.25, -0.2) is 0 Å². The molecule has 16 heavy (non-hydrogen) atoms. The molecule has 0 atom stereocenters. The molecular formula is C13H9BrOS. The number of carbonyl (C=O) groups is 1. The molecule has 0 heterocycles. The summed E-state index contributed by atoms with van der Waals surface area (Å²) >= 11 is 4.99. The molecule has 0 unspecified atom stereocenters. The fourth-order valence-corrected chi connectivity index (χ4v) is 2.47. The number of rotatable bonds is 3.